The van der Waals surface area contributed by atoms with Crippen LogP contribution in [0.2, 0.25) is 0 Å². The molecule has 1 fully saturated rings. The van der Waals surface area contributed by atoms with E-state index in [1.807, 2.05) is 0 Å². The molecule has 1 aliphatic rings. The summed E-state index contributed by atoms with van der Waals surface area (Å²) in [5, 5.41) is 7.32. The van der Waals surface area contributed by atoms with E-state index in [-0.39, 0.29) is 18.3 Å². The highest BCUT2D eigenvalue weighted by molar-refractivity contribution is 7.87. The van der Waals surface area contributed by atoms with Crippen LogP contribution in [0.3, 0.4) is 0 Å². The summed E-state index contributed by atoms with van der Waals surface area (Å²) in [6, 6.07) is 0. The fraction of sp³-hybridized carbons (Fsp3) is 0.889. The van der Waals surface area contributed by atoms with E-state index in [9.17, 15) is 8.42 Å². The molecule has 0 saturated carbocycles. The van der Waals surface area contributed by atoms with Gasteiger partial charge in [-0.1, -0.05) is 0 Å². The van der Waals surface area contributed by atoms with Crippen LogP contribution < -0.4 is 10.5 Å². The molecule has 100 valence electrons. The van der Waals surface area contributed by atoms with Crippen LogP contribution in [0.5, 0.6) is 0 Å². The Hall–Kier alpha value is -0.700. The van der Waals surface area contributed by atoms with Crippen LogP contribution in [0, 0.1) is 11.3 Å². The molecule has 1 aliphatic heterocycles. The third-order valence-electron chi connectivity index (χ3n) is 2.82. The Labute approximate surface area is 102 Å². The first-order valence-electron chi connectivity index (χ1n) is 5.55. The van der Waals surface area contributed by atoms with Crippen LogP contribution in [0.4, 0.5) is 0 Å². The Morgan fingerprint density at radius 3 is 2.59 bits per heavy atom. The van der Waals surface area contributed by atoms with Crippen LogP contribution in [0.15, 0.2) is 0 Å². The molecule has 17 heavy (non-hydrogen) atoms. The molecule has 0 radical (unpaired) electrons. The number of nitrogens with one attached hydrogen (secondary N) is 2. The summed E-state index contributed by atoms with van der Waals surface area (Å²) in [7, 11) is -1.89. The lowest BCUT2D eigenvalue weighted by molar-refractivity contribution is 0.203. The lowest BCUT2D eigenvalue weighted by Gasteiger charge is -2.30. The lowest BCUT2D eigenvalue weighted by Crippen LogP contribution is -2.47. The van der Waals surface area contributed by atoms with Crippen molar-refractivity contribution >= 4 is 16.0 Å². The molecule has 1 saturated heterocycles. The van der Waals surface area contributed by atoms with Gasteiger partial charge in [-0.25, -0.2) is 0 Å². The van der Waals surface area contributed by atoms with E-state index in [2.05, 4.69) is 4.72 Å². The molecule has 0 aromatic rings. The number of ether oxygens (including phenoxy) is 1. The van der Waals surface area contributed by atoms with Crippen LogP contribution in [0.1, 0.15) is 12.8 Å². The highest BCUT2D eigenvalue weighted by atomic mass is 32.2. The first-order chi connectivity index (χ1) is 7.97. The number of amidine groups is 1. The van der Waals surface area contributed by atoms with Gasteiger partial charge in [0, 0.05) is 32.7 Å². The van der Waals surface area contributed by atoms with Gasteiger partial charge in [-0.2, -0.15) is 17.4 Å². The maximum atomic E-state index is 11.8. The van der Waals surface area contributed by atoms with Crippen LogP contribution in [-0.2, 0) is 14.9 Å². The molecule has 0 unspecified atom stereocenters. The molecule has 0 atom stereocenters. The number of hydrogen-bond donors (Lipinski definition) is 3. The van der Waals surface area contributed by atoms with Gasteiger partial charge in [0.1, 0.15) is 0 Å². The number of hydrogen-bond acceptors (Lipinski definition) is 4. The summed E-state index contributed by atoms with van der Waals surface area (Å²) in [5.41, 5.74) is 5.40. The van der Waals surface area contributed by atoms with Gasteiger partial charge in [0.05, 0.1) is 12.4 Å². The van der Waals surface area contributed by atoms with Crippen molar-refractivity contribution in [1.82, 2.24) is 9.03 Å². The van der Waals surface area contributed by atoms with E-state index in [1.54, 1.807) is 0 Å². The van der Waals surface area contributed by atoms with Crippen LogP contribution >= 0.6 is 0 Å². The minimum atomic E-state index is -3.41. The second kappa shape index (κ2) is 6.29. The minimum Gasteiger partial charge on any atom is -0.387 e. The maximum Gasteiger partial charge on any atom is 0.279 e. The summed E-state index contributed by atoms with van der Waals surface area (Å²) < 4.78 is 32.3. The molecule has 4 N–H and O–H groups in total. The van der Waals surface area contributed by atoms with Crippen LogP contribution in [-0.4, -0.2) is 51.9 Å². The first-order valence-corrected chi connectivity index (χ1v) is 6.99. The van der Waals surface area contributed by atoms with Crippen molar-refractivity contribution < 1.29 is 13.2 Å². The van der Waals surface area contributed by atoms with E-state index in [1.165, 1.54) is 11.4 Å². The molecule has 1 heterocycles. The Morgan fingerprint density at radius 2 is 2.12 bits per heavy atom. The fourth-order valence-corrected chi connectivity index (χ4v) is 2.99. The second-order valence-corrected chi connectivity index (χ2v) is 5.78. The van der Waals surface area contributed by atoms with E-state index in [0.29, 0.717) is 32.5 Å². The third kappa shape index (κ3) is 4.23. The molecule has 0 aromatic carbocycles. The number of nitrogens with two attached hydrogens (primary N) is 1. The molecule has 7 nitrogen and oxygen atoms in total. The summed E-state index contributed by atoms with van der Waals surface area (Å²) >= 11 is 0. The van der Waals surface area contributed by atoms with E-state index in [4.69, 9.17) is 15.9 Å². The average molecular weight is 264 g/mol. The Kier molecular flexibility index (Phi) is 5.31. The van der Waals surface area contributed by atoms with Gasteiger partial charge in [0.25, 0.3) is 10.2 Å². The normalized spacial score (nSPS) is 19.4. The Balaban J connectivity index is 2.44. The summed E-state index contributed by atoms with van der Waals surface area (Å²) in [6.45, 7) is 1.44. The zero-order chi connectivity index (χ0) is 12.9. The summed E-state index contributed by atoms with van der Waals surface area (Å²) in [5.74, 6) is 0.162. The van der Waals surface area contributed by atoms with Gasteiger partial charge in [0.15, 0.2) is 0 Å². The molecule has 8 heteroatoms. The minimum absolute atomic E-state index is 0.0143. The molecule has 0 aromatic heterocycles. The van der Waals surface area contributed by atoms with Crippen molar-refractivity contribution in [2.75, 3.05) is 33.4 Å². The average Bonchev–Trinajstić information content (AvgIpc) is 2.29. The zero-order valence-electron chi connectivity index (χ0n) is 9.98. The summed E-state index contributed by atoms with van der Waals surface area (Å²) in [6.07, 6.45) is 1.22. The van der Waals surface area contributed by atoms with Crippen molar-refractivity contribution in [1.29, 1.82) is 5.41 Å². The number of nitrogens with zero attached hydrogens (tertiary/aromatic N) is 1. The highest BCUT2D eigenvalue weighted by Crippen LogP contribution is 2.18. The SMILES string of the molecule is COCCNS(=O)(=O)N1CCC(C(=N)N)CC1. The molecular weight excluding hydrogens is 244 g/mol. The maximum absolute atomic E-state index is 11.8. The molecule has 0 amide bonds. The van der Waals surface area contributed by atoms with Gasteiger partial charge in [0.2, 0.25) is 0 Å². The van der Waals surface area contributed by atoms with Gasteiger partial charge < -0.3 is 10.5 Å². The van der Waals surface area contributed by atoms with E-state index < -0.39 is 10.2 Å². The van der Waals surface area contributed by atoms with Crippen molar-refractivity contribution in [2.24, 2.45) is 11.7 Å². The quantitative estimate of drug-likeness (QED) is 0.329. The van der Waals surface area contributed by atoms with Crippen molar-refractivity contribution in [3.63, 3.8) is 0 Å². The fourth-order valence-electron chi connectivity index (χ4n) is 1.77. The molecule has 0 spiro atoms. The van der Waals surface area contributed by atoms with Gasteiger partial charge in [-0.05, 0) is 12.8 Å². The Morgan fingerprint density at radius 1 is 1.53 bits per heavy atom. The number of piperidine rings is 1. The summed E-state index contributed by atoms with van der Waals surface area (Å²) in [4.78, 5) is 0. The predicted octanol–water partition coefficient (Wildman–Crippen LogP) is -0.885. The number of methoxy groups -OCH3 is 1. The number of rotatable bonds is 6. The predicted molar refractivity (Wildman–Crippen MR) is 65.0 cm³/mol. The van der Waals surface area contributed by atoms with Crippen molar-refractivity contribution in [3.8, 4) is 0 Å². The van der Waals surface area contributed by atoms with Crippen molar-refractivity contribution in [3.05, 3.63) is 0 Å². The van der Waals surface area contributed by atoms with Gasteiger partial charge in [-0.3, -0.25) is 5.41 Å². The second-order valence-electron chi connectivity index (χ2n) is 4.02. The molecule has 0 bridgehead atoms. The van der Waals surface area contributed by atoms with Gasteiger partial charge >= 0.3 is 0 Å². The highest BCUT2D eigenvalue weighted by Gasteiger charge is 2.28. The third-order valence-corrected chi connectivity index (χ3v) is 4.44. The van der Waals surface area contributed by atoms with E-state index >= 15 is 0 Å². The largest absolute Gasteiger partial charge is 0.387 e. The van der Waals surface area contributed by atoms with Crippen molar-refractivity contribution in [2.45, 2.75) is 12.8 Å². The standard InChI is InChI=1S/C9H20N4O3S/c1-16-7-4-12-17(14,15)13-5-2-8(3-6-13)9(10)11/h8,12H,2-7H2,1H3,(H3,10,11). The topological polar surface area (TPSA) is 109 Å². The zero-order valence-corrected chi connectivity index (χ0v) is 10.8. The molecule has 1 rings (SSSR count). The monoisotopic (exact) mass is 264 g/mol. The van der Waals surface area contributed by atoms with Crippen LogP contribution in [0.25, 0.3) is 0 Å². The lowest BCUT2D eigenvalue weighted by atomic mass is 9.97. The molecular formula is C9H20N4O3S. The smallest absolute Gasteiger partial charge is 0.279 e. The van der Waals surface area contributed by atoms with Gasteiger partial charge in [-0.15, -0.1) is 0 Å². The first kappa shape index (κ1) is 14.4. The Bertz CT molecular complexity index is 349. The van der Waals surface area contributed by atoms with E-state index in [0.717, 1.165) is 0 Å². The molecule has 0 aliphatic carbocycles.